The first-order valence-corrected chi connectivity index (χ1v) is 11.0. The van der Waals surface area contributed by atoms with E-state index in [-0.39, 0.29) is 17.3 Å². The van der Waals surface area contributed by atoms with Gasteiger partial charge in [-0.2, -0.15) is 0 Å². The fourth-order valence-corrected chi connectivity index (χ4v) is 5.15. The molecule has 160 valence electrons. The molecule has 0 aliphatic carbocycles. The van der Waals surface area contributed by atoms with Crippen molar-refractivity contribution in [3.8, 4) is 10.4 Å². The Labute approximate surface area is 189 Å². The number of aromatic nitrogens is 1. The Balaban J connectivity index is 1.64. The first kappa shape index (κ1) is 21.5. The molecule has 2 aromatic heterocycles. The zero-order valence-corrected chi connectivity index (χ0v) is 18.8. The van der Waals surface area contributed by atoms with Gasteiger partial charge >= 0.3 is 5.97 Å². The molecule has 8 heteroatoms. The number of anilines is 1. The van der Waals surface area contributed by atoms with Crippen LogP contribution in [0.2, 0.25) is 5.15 Å². The smallest absolute Gasteiger partial charge is 0.348 e. The number of hydrogen-bond donors (Lipinski definition) is 1. The maximum Gasteiger partial charge on any atom is 0.348 e. The van der Waals surface area contributed by atoms with Crippen LogP contribution in [0.15, 0.2) is 54.7 Å². The van der Waals surface area contributed by atoms with Gasteiger partial charge in [0.1, 0.15) is 10.0 Å². The molecule has 1 N–H and O–H groups in total. The normalized spacial score (nSPS) is 16.5. The van der Waals surface area contributed by atoms with E-state index in [1.807, 2.05) is 56.3 Å². The van der Waals surface area contributed by atoms with E-state index in [1.54, 1.807) is 17.2 Å². The molecule has 0 saturated carbocycles. The zero-order chi connectivity index (χ0) is 22.2. The van der Waals surface area contributed by atoms with Crippen molar-refractivity contribution in [3.05, 3.63) is 70.3 Å². The number of carbonyl (C=O) groups excluding carboxylic acids is 1. The summed E-state index contributed by atoms with van der Waals surface area (Å²) in [6.07, 6.45) is 1.71. The minimum Gasteiger partial charge on any atom is -0.477 e. The van der Waals surface area contributed by atoms with Crippen LogP contribution in [0.25, 0.3) is 10.4 Å². The molecular weight excluding hydrogens is 434 g/mol. The van der Waals surface area contributed by atoms with Gasteiger partial charge in [0.05, 0.1) is 17.8 Å². The minimum absolute atomic E-state index is 0.127. The van der Waals surface area contributed by atoms with Crippen LogP contribution >= 0.6 is 22.9 Å². The van der Waals surface area contributed by atoms with Gasteiger partial charge in [0.15, 0.2) is 0 Å². The molecule has 0 radical (unpaired) electrons. The van der Waals surface area contributed by atoms with E-state index in [2.05, 4.69) is 9.88 Å². The van der Waals surface area contributed by atoms with Crippen LogP contribution in [0, 0.1) is 0 Å². The van der Waals surface area contributed by atoms with Gasteiger partial charge in [-0.1, -0.05) is 48.0 Å². The molecule has 0 bridgehead atoms. The zero-order valence-electron chi connectivity index (χ0n) is 17.2. The molecule has 31 heavy (non-hydrogen) atoms. The molecule has 0 atom stereocenters. The van der Waals surface area contributed by atoms with Gasteiger partial charge < -0.3 is 10.0 Å². The second-order valence-corrected chi connectivity index (χ2v) is 9.61. The van der Waals surface area contributed by atoms with Gasteiger partial charge in [0.25, 0.3) is 0 Å². The Morgan fingerprint density at radius 2 is 1.97 bits per heavy atom. The Bertz CT molecular complexity index is 1110. The van der Waals surface area contributed by atoms with E-state index in [1.165, 1.54) is 11.3 Å². The maximum absolute atomic E-state index is 13.2. The van der Waals surface area contributed by atoms with Crippen LogP contribution in [0.5, 0.6) is 0 Å². The topological polar surface area (TPSA) is 73.7 Å². The van der Waals surface area contributed by atoms with E-state index >= 15 is 0 Å². The summed E-state index contributed by atoms with van der Waals surface area (Å²) in [5, 5.41) is 10.3. The van der Waals surface area contributed by atoms with Crippen LogP contribution in [-0.2, 0) is 11.3 Å². The fourth-order valence-electron chi connectivity index (χ4n) is 4.05. The van der Waals surface area contributed by atoms with Crippen LogP contribution in [0.1, 0.15) is 29.1 Å². The van der Waals surface area contributed by atoms with Gasteiger partial charge in [-0.05, 0) is 37.1 Å². The van der Waals surface area contributed by atoms with Crippen molar-refractivity contribution in [1.82, 2.24) is 9.88 Å². The summed E-state index contributed by atoms with van der Waals surface area (Å²) in [4.78, 5) is 34.1. The Morgan fingerprint density at radius 1 is 1.23 bits per heavy atom. The first-order chi connectivity index (χ1) is 14.7. The quantitative estimate of drug-likeness (QED) is 0.560. The average molecular weight is 456 g/mol. The summed E-state index contributed by atoms with van der Waals surface area (Å²) in [6, 6.07) is 15.1. The first-order valence-electron chi connectivity index (χ1n) is 9.83. The SMILES string of the molecule is CC1(C)CN(Cc2ccc(Cl)nc2)CC(=O)N1c1cc(-c2ccccc2)sc1C(=O)O. The van der Waals surface area contributed by atoms with Gasteiger partial charge in [0.2, 0.25) is 5.91 Å². The number of pyridine rings is 1. The summed E-state index contributed by atoms with van der Waals surface area (Å²) in [7, 11) is 0. The number of amides is 1. The molecule has 3 heterocycles. The molecule has 4 rings (SSSR count). The van der Waals surface area contributed by atoms with Crippen molar-refractivity contribution >= 4 is 40.5 Å². The number of piperazine rings is 1. The average Bonchev–Trinajstić information content (AvgIpc) is 3.14. The highest BCUT2D eigenvalue weighted by Crippen LogP contribution is 2.40. The van der Waals surface area contributed by atoms with Crippen molar-refractivity contribution in [2.75, 3.05) is 18.0 Å². The number of thiophene rings is 1. The monoisotopic (exact) mass is 455 g/mol. The van der Waals surface area contributed by atoms with Crippen LogP contribution in [0.4, 0.5) is 5.69 Å². The number of hydrogen-bond acceptors (Lipinski definition) is 5. The summed E-state index contributed by atoms with van der Waals surface area (Å²) in [5.74, 6) is -1.15. The lowest BCUT2D eigenvalue weighted by Crippen LogP contribution is -2.62. The lowest BCUT2D eigenvalue weighted by Gasteiger charge is -2.46. The predicted molar refractivity (Wildman–Crippen MR) is 123 cm³/mol. The molecule has 1 fully saturated rings. The summed E-state index contributed by atoms with van der Waals surface area (Å²) < 4.78 is 0. The molecule has 1 aromatic carbocycles. The molecule has 6 nitrogen and oxygen atoms in total. The van der Waals surface area contributed by atoms with Crippen molar-refractivity contribution in [2.24, 2.45) is 0 Å². The lowest BCUT2D eigenvalue weighted by atomic mass is 9.96. The van der Waals surface area contributed by atoms with Crippen LogP contribution < -0.4 is 4.90 Å². The van der Waals surface area contributed by atoms with Gasteiger partial charge in [-0.25, -0.2) is 9.78 Å². The Morgan fingerprint density at radius 3 is 2.58 bits per heavy atom. The predicted octanol–water partition coefficient (Wildman–Crippen LogP) is 4.79. The van der Waals surface area contributed by atoms with E-state index in [9.17, 15) is 14.7 Å². The summed E-state index contributed by atoms with van der Waals surface area (Å²) in [6.45, 7) is 5.28. The third kappa shape index (κ3) is 4.49. The molecule has 1 amide bonds. The van der Waals surface area contributed by atoms with Crippen molar-refractivity contribution in [2.45, 2.75) is 25.9 Å². The van der Waals surface area contributed by atoms with E-state index in [0.717, 1.165) is 16.0 Å². The number of aromatic carboxylic acids is 1. The largest absolute Gasteiger partial charge is 0.477 e. The van der Waals surface area contributed by atoms with Crippen molar-refractivity contribution in [3.63, 3.8) is 0 Å². The number of halogens is 1. The number of nitrogens with zero attached hydrogens (tertiary/aromatic N) is 3. The number of benzene rings is 1. The highest BCUT2D eigenvalue weighted by Gasteiger charge is 2.41. The van der Waals surface area contributed by atoms with Gasteiger partial charge in [-0.3, -0.25) is 9.69 Å². The van der Waals surface area contributed by atoms with Crippen molar-refractivity contribution in [1.29, 1.82) is 0 Å². The number of carbonyl (C=O) groups is 2. The second kappa shape index (κ2) is 8.42. The molecule has 0 unspecified atom stereocenters. The molecule has 1 aliphatic rings. The molecule has 0 spiro atoms. The molecular formula is C23H22ClN3O3S. The lowest BCUT2D eigenvalue weighted by molar-refractivity contribution is -0.123. The summed E-state index contributed by atoms with van der Waals surface area (Å²) >= 11 is 7.06. The van der Waals surface area contributed by atoms with Gasteiger partial charge in [-0.15, -0.1) is 11.3 Å². The molecule has 1 saturated heterocycles. The Hall–Kier alpha value is -2.74. The fraction of sp³-hybridized carbons (Fsp3) is 0.261. The third-order valence-electron chi connectivity index (χ3n) is 5.22. The van der Waals surface area contributed by atoms with E-state index in [4.69, 9.17) is 11.6 Å². The highest BCUT2D eigenvalue weighted by atomic mass is 35.5. The van der Waals surface area contributed by atoms with Crippen LogP contribution in [0.3, 0.4) is 0 Å². The number of carboxylic acids is 1. The van der Waals surface area contributed by atoms with E-state index < -0.39 is 11.5 Å². The van der Waals surface area contributed by atoms with E-state index in [0.29, 0.717) is 23.9 Å². The number of rotatable bonds is 5. The molecule has 1 aliphatic heterocycles. The molecule has 3 aromatic rings. The maximum atomic E-state index is 13.2. The van der Waals surface area contributed by atoms with Gasteiger partial charge in [0, 0.05) is 24.2 Å². The standard InChI is InChI=1S/C23H22ClN3O3S/c1-23(2)14-26(12-15-8-9-19(24)25-11-15)13-20(28)27(23)17-10-18(31-21(17)22(29)30)16-6-4-3-5-7-16/h3-11H,12-14H2,1-2H3,(H,29,30). The highest BCUT2D eigenvalue weighted by molar-refractivity contribution is 7.18. The minimum atomic E-state index is -1.03. The Kier molecular flexibility index (Phi) is 5.83. The second-order valence-electron chi connectivity index (χ2n) is 8.17. The summed E-state index contributed by atoms with van der Waals surface area (Å²) in [5.41, 5.74) is 1.77. The van der Waals surface area contributed by atoms with Crippen molar-refractivity contribution < 1.29 is 14.7 Å². The number of carboxylic acid groups (broad SMARTS) is 1. The third-order valence-corrected chi connectivity index (χ3v) is 6.61. The van der Waals surface area contributed by atoms with Crippen LogP contribution in [-0.4, -0.2) is 45.5 Å².